The lowest BCUT2D eigenvalue weighted by Crippen LogP contribution is -2.50. The first kappa shape index (κ1) is 22.6. The summed E-state index contributed by atoms with van der Waals surface area (Å²) in [6.07, 6.45) is 0. The van der Waals surface area contributed by atoms with E-state index >= 15 is 0 Å². The monoisotopic (exact) mass is 449 g/mol. The van der Waals surface area contributed by atoms with Gasteiger partial charge in [-0.05, 0) is 31.5 Å². The van der Waals surface area contributed by atoms with Gasteiger partial charge in [0.15, 0.2) is 0 Å². The van der Waals surface area contributed by atoms with Crippen LogP contribution in [0.2, 0.25) is 0 Å². The molecule has 9 heteroatoms. The number of fused-ring (bicyclic) bond motifs is 1. The van der Waals surface area contributed by atoms with Crippen LogP contribution in [0.25, 0.3) is 11.0 Å². The van der Waals surface area contributed by atoms with Crippen molar-refractivity contribution < 1.29 is 13.9 Å². The summed E-state index contributed by atoms with van der Waals surface area (Å²) in [5.74, 6) is 1.29. The van der Waals surface area contributed by atoms with Crippen molar-refractivity contribution in [2.45, 2.75) is 25.6 Å². The molecule has 3 rings (SSSR count). The molecule has 0 spiro atoms. The van der Waals surface area contributed by atoms with Gasteiger partial charge in [0, 0.05) is 55.5 Å². The van der Waals surface area contributed by atoms with Gasteiger partial charge in [-0.3, -0.25) is 9.69 Å². The number of carbonyl (C=O) groups is 1. The Balaban J connectivity index is 1.55. The number of carbonyl (C=O) groups excluding carboxylic acids is 1. The second-order valence-corrected chi connectivity index (χ2v) is 9.10. The molecule has 7 nitrogen and oxygen atoms in total. The predicted octanol–water partition coefficient (Wildman–Crippen LogP) is 2.46. The van der Waals surface area contributed by atoms with E-state index in [1.807, 2.05) is 26.0 Å². The summed E-state index contributed by atoms with van der Waals surface area (Å²) < 4.78 is 11.3. The molecule has 1 amide bonds. The molecule has 1 saturated heterocycles. The van der Waals surface area contributed by atoms with Crippen LogP contribution >= 0.6 is 24.0 Å². The third-order valence-corrected chi connectivity index (χ3v) is 6.41. The van der Waals surface area contributed by atoms with Crippen LogP contribution in [0.5, 0.6) is 5.75 Å². The Morgan fingerprint density at radius 3 is 2.67 bits per heavy atom. The Morgan fingerprint density at radius 1 is 1.27 bits per heavy atom. The number of amides is 1. The maximum Gasteiger partial charge on any atom is 0.336 e. The number of rotatable bonds is 6. The highest BCUT2D eigenvalue weighted by molar-refractivity contribution is 8.22. The first-order chi connectivity index (χ1) is 14.4. The third kappa shape index (κ3) is 5.96. The second-order valence-electron chi connectivity index (χ2n) is 7.49. The van der Waals surface area contributed by atoms with Crippen LogP contribution in [-0.2, 0) is 10.5 Å². The van der Waals surface area contributed by atoms with Gasteiger partial charge in [0.1, 0.15) is 15.7 Å². The SMILES string of the molecule is COc1ccc2c(CSC(=S)N3CCN(CC(=O)NC(C)C)CC3)cc(=O)oc2c1. The van der Waals surface area contributed by atoms with Crippen molar-refractivity contribution in [3.63, 3.8) is 0 Å². The lowest BCUT2D eigenvalue weighted by molar-refractivity contribution is -0.123. The van der Waals surface area contributed by atoms with E-state index in [1.165, 1.54) is 6.07 Å². The highest BCUT2D eigenvalue weighted by Crippen LogP contribution is 2.26. The molecule has 0 unspecified atom stereocenters. The van der Waals surface area contributed by atoms with E-state index in [-0.39, 0.29) is 17.6 Å². The summed E-state index contributed by atoms with van der Waals surface area (Å²) in [6, 6.07) is 7.15. The minimum atomic E-state index is -0.384. The Kier molecular flexibility index (Phi) is 7.74. The molecule has 1 aromatic carbocycles. The number of ether oxygens (including phenoxy) is 1. The summed E-state index contributed by atoms with van der Waals surface area (Å²) in [4.78, 5) is 28.2. The highest BCUT2D eigenvalue weighted by atomic mass is 32.2. The number of thioether (sulfide) groups is 1. The highest BCUT2D eigenvalue weighted by Gasteiger charge is 2.21. The van der Waals surface area contributed by atoms with E-state index in [1.54, 1.807) is 24.9 Å². The Bertz CT molecular complexity index is 968. The van der Waals surface area contributed by atoms with Gasteiger partial charge in [-0.25, -0.2) is 4.79 Å². The van der Waals surface area contributed by atoms with Crippen LogP contribution in [-0.4, -0.2) is 65.9 Å². The van der Waals surface area contributed by atoms with Crippen LogP contribution in [0.3, 0.4) is 0 Å². The van der Waals surface area contributed by atoms with E-state index in [0.29, 0.717) is 23.6 Å². The van der Waals surface area contributed by atoms with Crippen molar-refractivity contribution in [3.05, 3.63) is 40.2 Å². The number of benzene rings is 1. The van der Waals surface area contributed by atoms with Gasteiger partial charge in [-0.2, -0.15) is 0 Å². The molecule has 162 valence electrons. The van der Waals surface area contributed by atoms with Crippen molar-refractivity contribution in [2.24, 2.45) is 0 Å². The van der Waals surface area contributed by atoms with Crippen molar-refractivity contribution in [2.75, 3.05) is 39.8 Å². The molecule has 2 heterocycles. The summed E-state index contributed by atoms with van der Waals surface area (Å²) in [5, 5.41) is 3.80. The number of piperazine rings is 1. The smallest absolute Gasteiger partial charge is 0.336 e. The third-order valence-electron chi connectivity index (χ3n) is 4.84. The normalized spacial score (nSPS) is 14.9. The number of hydrogen-bond acceptors (Lipinski definition) is 7. The number of nitrogens with zero attached hydrogens (tertiary/aromatic N) is 2. The number of nitrogens with one attached hydrogen (secondary N) is 1. The second kappa shape index (κ2) is 10.3. The Morgan fingerprint density at radius 2 is 2.00 bits per heavy atom. The standard InChI is InChI=1S/C21H27N3O4S2/c1-14(2)22-19(25)12-23-6-8-24(9-7-23)21(29)30-13-15-10-20(26)28-18-11-16(27-3)4-5-17(15)18/h4-5,10-11,14H,6-9,12-13H2,1-3H3,(H,22,25). The molecular weight excluding hydrogens is 422 g/mol. The van der Waals surface area contributed by atoms with E-state index in [0.717, 1.165) is 41.4 Å². The van der Waals surface area contributed by atoms with E-state index < -0.39 is 0 Å². The fourth-order valence-corrected chi connectivity index (χ4v) is 4.59. The van der Waals surface area contributed by atoms with Crippen molar-refractivity contribution in [3.8, 4) is 5.75 Å². The zero-order chi connectivity index (χ0) is 21.7. The summed E-state index contributed by atoms with van der Waals surface area (Å²) in [5.41, 5.74) is 1.02. The molecule has 1 N–H and O–H groups in total. The minimum absolute atomic E-state index is 0.0572. The first-order valence-corrected chi connectivity index (χ1v) is 11.3. The zero-order valence-corrected chi connectivity index (χ0v) is 19.1. The summed E-state index contributed by atoms with van der Waals surface area (Å²) >= 11 is 7.16. The molecule has 1 aliphatic heterocycles. The summed E-state index contributed by atoms with van der Waals surface area (Å²) in [6.45, 7) is 7.50. The van der Waals surface area contributed by atoms with E-state index in [9.17, 15) is 9.59 Å². The fourth-order valence-electron chi connectivity index (χ4n) is 3.35. The molecule has 0 saturated carbocycles. The van der Waals surface area contributed by atoms with Gasteiger partial charge in [-0.1, -0.05) is 24.0 Å². The molecule has 0 bridgehead atoms. The number of methoxy groups -OCH3 is 1. The fraction of sp³-hybridized carbons (Fsp3) is 0.476. The maximum absolute atomic E-state index is 11.9. The molecule has 0 radical (unpaired) electrons. The van der Waals surface area contributed by atoms with E-state index in [4.69, 9.17) is 21.4 Å². The van der Waals surface area contributed by atoms with Gasteiger partial charge in [0.05, 0.1) is 13.7 Å². The average molecular weight is 450 g/mol. The van der Waals surface area contributed by atoms with Crippen LogP contribution in [0.4, 0.5) is 0 Å². The van der Waals surface area contributed by atoms with Gasteiger partial charge in [-0.15, -0.1) is 0 Å². The average Bonchev–Trinajstić information content (AvgIpc) is 2.71. The maximum atomic E-state index is 11.9. The molecule has 30 heavy (non-hydrogen) atoms. The van der Waals surface area contributed by atoms with Crippen molar-refractivity contribution >= 4 is 45.2 Å². The van der Waals surface area contributed by atoms with Crippen LogP contribution in [0, 0.1) is 0 Å². The predicted molar refractivity (Wildman–Crippen MR) is 124 cm³/mol. The number of thiocarbonyl (C=S) groups is 1. The van der Waals surface area contributed by atoms with Gasteiger partial charge in [0.25, 0.3) is 0 Å². The van der Waals surface area contributed by atoms with E-state index in [2.05, 4.69) is 15.1 Å². The molecule has 1 fully saturated rings. The molecular formula is C21H27N3O4S2. The summed E-state index contributed by atoms with van der Waals surface area (Å²) in [7, 11) is 1.58. The van der Waals surface area contributed by atoms with Crippen molar-refractivity contribution in [1.82, 2.24) is 15.1 Å². The molecule has 0 aliphatic carbocycles. The molecule has 0 atom stereocenters. The van der Waals surface area contributed by atoms with Gasteiger partial charge in [0.2, 0.25) is 5.91 Å². The lowest BCUT2D eigenvalue weighted by atomic mass is 10.1. The van der Waals surface area contributed by atoms with Gasteiger partial charge < -0.3 is 19.4 Å². The van der Waals surface area contributed by atoms with Crippen LogP contribution in [0.15, 0.2) is 33.5 Å². The molecule has 2 aromatic rings. The zero-order valence-electron chi connectivity index (χ0n) is 17.5. The molecule has 1 aromatic heterocycles. The Labute approximate surface area is 185 Å². The first-order valence-electron chi connectivity index (χ1n) is 9.90. The van der Waals surface area contributed by atoms with Crippen LogP contribution < -0.4 is 15.7 Å². The minimum Gasteiger partial charge on any atom is -0.497 e. The van der Waals surface area contributed by atoms with Gasteiger partial charge >= 0.3 is 5.63 Å². The van der Waals surface area contributed by atoms with Crippen LogP contribution in [0.1, 0.15) is 19.4 Å². The number of hydrogen-bond donors (Lipinski definition) is 1. The lowest BCUT2D eigenvalue weighted by Gasteiger charge is -2.35. The largest absolute Gasteiger partial charge is 0.497 e. The Hall–Kier alpha value is -2.10. The molecule has 1 aliphatic rings. The topological polar surface area (TPSA) is 75.0 Å². The quantitative estimate of drug-likeness (QED) is 0.533. The van der Waals surface area contributed by atoms with Crippen molar-refractivity contribution in [1.29, 1.82) is 0 Å².